The fourth-order valence-corrected chi connectivity index (χ4v) is 2.81. The molecule has 0 aromatic heterocycles. The first-order chi connectivity index (χ1) is 11.3. The highest BCUT2D eigenvalue weighted by molar-refractivity contribution is 9.10. The number of amides is 1. The minimum absolute atomic E-state index is 0. The summed E-state index contributed by atoms with van der Waals surface area (Å²) in [7, 11) is 1.62. The Kier molecular flexibility index (Phi) is 7.47. The molecule has 2 aromatic carbocycles. The Morgan fingerprint density at radius 3 is 2.40 bits per heavy atom. The molecule has 1 amide bonds. The van der Waals surface area contributed by atoms with E-state index in [9.17, 15) is 4.79 Å². The van der Waals surface area contributed by atoms with Gasteiger partial charge in [0.25, 0.3) is 0 Å². The Morgan fingerprint density at radius 1 is 1.24 bits per heavy atom. The van der Waals surface area contributed by atoms with E-state index < -0.39 is 5.54 Å². The van der Waals surface area contributed by atoms with Crippen LogP contribution in [0.2, 0.25) is 0 Å². The number of nitrogens with one attached hydrogen (secondary N) is 1. The van der Waals surface area contributed by atoms with Crippen LogP contribution in [0.15, 0.2) is 46.9 Å². The lowest BCUT2D eigenvalue weighted by molar-refractivity contribution is -0.126. The number of carbonyl (C=O) groups excluding carboxylic acids is 1. The second kappa shape index (κ2) is 8.70. The normalized spacial score (nSPS) is 14.0. The number of hydrogen-bond acceptors (Lipinski definition) is 3. The zero-order chi connectivity index (χ0) is 17.9. The van der Waals surface area contributed by atoms with E-state index in [2.05, 4.69) is 21.2 Å². The van der Waals surface area contributed by atoms with Crippen molar-refractivity contribution < 1.29 is 9.53 Å². The molecule has 3 N–H and O–H groups in total. The van der Waals surface area contributed by atoms with E-state index in [1.54, 1.807) is 14.0 Å². The zero-order valence-electron chi connectivity index (χ0n) is 14.8. The number of rotatable bonds is 5. The lowest BCUT2D eigenvalue weighted by atomic mass is 9.91. The third-order valence-corrected chi connectivity index (χ3v) is 4.64. The summed E-state index contributed by atoms with van der Waals surface area (Å²) in [6.07, 6.45) is 0. The van der Waals surface area contributed by atoms with Gasteiger partial charge in [0.1, 0.15) is 11.3 Å². The molecule has 0 aliphatic heterocycles. The van der Waals surface area contributed by atoms with Gasteiger partial charge >= 0.3 is 0 Å². The molecule has 0 fully saturated rings. The Hall–Kier alpha value is -1.56. The molecule has 2 atom stereocenters. The van der Waals surface area contributed by atoms with Crippen LogP contribution in [0.5, 0.6) is 5.75 Å². The maximum atomic E-state index is 12.7. The average Bonchev–Trinajstić information content (AvgIpc) is 2.55. The molecule has 6 heteroatoms. The molecule has 2 rings (SSSR count). The fraction of sp³-hybridized carbons (Fsp3) is 0.316. The predicted molar refractivity (Wildman–Crippen MR) is 107 cm³/mol. The lowest BCUT2D eigenvalue weighted by Gasteiger charge is -2.27. The summed E-state index contributed by atoms with van der Waals surface area (Å²) in [6.45, 7) is 5.64. The van der Waals surface area contributed by atoms with Crippen LogP contribution < -0.4 is 15.8 Å². The number of hydrogen-bond donors (Lipinski definition) is 2. The monoisotopic (exact) mass is 426 g/mol. The molecular weight excluding hydrogens is 404 g/mol. The SMILES string of the molecule is COc1ccc(C)cc1C(C)NC(=O)C(C)(N)c1ccc(Br)cc1.Cl. The molecule has 0 aliphatic carbocycles. The fourth-order valence-electron chi connectivity index (χ4n) is 2.54. The molecule has 2 unspecified atom stereocenters. The first kappa shape index (κ1) is 21.5. The van der Waals surface area contributed by atoms with Crippen LogP contribution >= 0.6 is 28.3 Å². The van der Waals surface area contributed by atoms with Gasteiger partial charge in [0, 0.05) is 10.0 Å². The van der Waals surface area contributed by atoms with Crippen LogP contribution in [0.25, 0.3) is 0 Å². The van der Waals surface area contributed by atoms with E-state index in [0.717, 1.165) is 26.9 Å². The van der Waals surface area contributed by atoms with Gasteiger partial charge in [0.2, 0.25) is 5.91 Å². The Morgan fingerprint density at radius 2 is 1.84 bits per heavy atom. The first-order valence-corrected chi connectivity index (χ1v) is 8.55. The van der Waals surface area contributed by atoms with Gasteiger partial charge < -0.3 is 15.8 Å². The van der Waals surface area contributed by atoms with Crippen molar-refractivity contribution in [1.29, 1.82) is 0 Å². The minimum atomic E-state index is -1.12. The van der Waals surface area contributed by atoms with Gasteiger partial charge in [-0.2, -0.15) is 0 Å². The van der Waals surface area contributed by atoms with Crippen molar-refractivity contribution in [3.63, 3.8) is 0 Å². The molecule has 0 bridgehead atoms. The summed E-state index contributed by atoms with van der Waals surface area (Å²) in [5.41, 5.74) is 7.97. The molecule has 136 valence electrons. The Labute approximate surface area is 163 Å². The molecule has 0 heterocycles. The topological polar surface area (TPSA) is 64.3 Å². The smallest absolute Gasteiger partial charge is 0.244 e. The molecule has 0 spiro atoms. The van der Waals surface area contributed by atoms with Gasteiger partial charge in [0.15, 0.2) is 0 Å². The van der Waals surface area contributed by atoms with E-state index in [4.69, 9.17) is 10.5 Å². The summed E-state index contributed by atoms with van der Waals surface area (Å²) in [5.74, 6) is 0.511. The van der Waals surface area contributed by atoms with Crippen molar-refractivity contribution in [2.45, 2.75) is 32.4 Å². The number of ether oxygens (including phenoxy) is 1. The van der Waals surface area contributed by atoms with Crippen LogP contribution in [0, 0.1) is 6.92 Å². The maximum Gasteiger partial charge on any atom is 0.244 e. The molecular formula is C19H24BrClN2O2. The molecule has 0 aliphatic rings. The molecule has 25 heavy (non-hydrogen) atoms. The van der Waals surface area contributed by atoms with Gasteiger partial charge in [0.05, 0.1) is 13.2 Å². The molecule has 2 aromatic rings. The van der Waals surface area contributed by atoms with Crippen molar-refractivity contribution in [2.75, 3.05) is 7.11 Å². The number of aryl methyl sites for hydroxylation is 1. The summed E-state index contributed by atoms with van der Waals surface area (Å²) in [6, 6.07) is 13.1. The maximum absolute atomic E-state index is 12.7. The number of carbonyl (C=O) groups is 1. The van der Waals surface area contributed by atoms with Gasteiger partial charge in [-0.1, -0.05) is 45.8 Å². The standard InChI is InChI=1S/C19H23BrN2O2.ClH/c1-12-5-10-17(24-4)16(11-12)13(2)22-18(23)19(3,21)14-6-8-15(20)9-7-14;/h5-11,13H,21H2,1-4H3,(H,22,23);1H. The van der Waals surface area contributed by atoms with Gasteiger partial charge in [-0.3, -0.25) is 4.79 Å². The van der Waals surface area contributed by atoms with Gasteiger partial charge in [-0.05, 0) is 44.5 Å². The second-order valence-corrected chi connectivity index (χ2v) is 7.07. The summed E-state index contributed by atoms with van der Waals surface area (Å²) < 4.78 is 6.34. The highest BCUT2D eigenvalue weighted by Gasteiger charge is 2.31. The van der Waals surface area contributed by atoms with Crippen LogP contribution in [-0.2, 0) is 10.3 Å². The van der Waals surface area contributed by atoms with Crippen molar-refractivity contribution in [1.82, 2.24) is 5.32 Å². The number of benzene rings is 2. The van der Waals surface area contributed by atoms with Crippen LogP contribution in [0.1, 0.15) is 36.6 Å². The first-order valence-electron chi connectivity index (χ1n) is 7.76. The van der Waals surface area contributed by atoms with E-state index in [-0.39, 0.29) is 24.4 Å². The molecule has 4 nitrogen and oxygen atoms in total. The Bertz CT molecular complexity index is 733. The van der Waals surface area contributed by atoms with Crippen LogP contribution in [0.3, 0.4) is 0 Å². The molecule has 0 saturated heterocycles. The van der Waals surface area contributed by atoms with Crippen molar-refractivity contribution in [3.8, 4) is 5.75 Å². The third kappa shape index (κ3) is 4.97. The summed E-state index contributed by atoms with van der Waals surface area (Å²) in [4.78, 5) is 12.7. The van der Waals surface area contributed by atoms with Crippen molar-refractivity contribution in [3.05, 3.63) is 63.6 Å². The number of nitrogens with two attached hydrogens (primary N) is 1. The number of halogens is 2. The molecule has 0 saturated carbocycles. The summed E-state index contributed by atoms with van der Waals surface area (Å²) >= 11 is 3.39. The van der Waals surface area contributed by atoms with Crippen molar-refractivity contribution >= 4 is 34.2 Å². The Balaban J connectivity index is 0.00000312. The second-order valence-electron chi connectivity index (χ2n) is 6.15. The quantitative estimate of drug-likeness (QED) is 0.750. The van der Waals surface area contributed by atoms with Gasteiger partial charge in [-0.15, -0.1) is 12.4 Å². The average molecular weight is 428 g/mol. The summed E-state index contributed by atoms with van der Waals surface area (Å²) in [5, 5.41) is 3.00. The van der Waals surface area contributed by atoms with Crippen LogP contribution in [0.4, 0.5) is 0 Å². The van der Waals surface area contributed by atoms with E-state index in [1.165, 1.54) is 0 Å². The highest BCUT2D eigenvalue weighted by atomic mass is 79.9. The van der Waals surface area contributed by atoms with Gasteiger partial charge in [-0.25, -0.2) is 0 Å². The van der Waals surface area contributed by atoms with E-state index in [0.29, 0.717) is 0 Å². The highest BCUT2D eigenvalue weighted by Crippen LogP contribution is 2.27. The van der Waals surface area contributed by atoms with E-state index >= 15 is 0 Å². The number of methoxy groups -OCH3 is 1. The molecule has 0 radical (unpaired) electrons. The van der Waals surface area contributed by atoms with Crippen molar-refractivity contribution in [2.24, 2.45) is 5.73 Å². The minimum Gasteiger partial charge on any atom is -0.496 e. The van der Waals surface area contributed by atoms with E-state index in [1.807, 2.05) is 56.3 Å². The van der Waals surface area contributed by atoms with Crippen LogP contribution in [-0.4, -0.2) is 13.0 Å². The predicted octanol–water partition coefficient (Wildman–Crippen LogP) is 4.24. The largest absolute Gasteiger partial charge is 0.496 e. The lowest BCUT2D eigenvalue weighted by Crippen LogP contribution is -2.49. The zero-order valence-corrected chi connectivity index (χ0v) is 17.2. The third-order valence-electron chi connectivity index (χ3n) is 4.11.